The number of fused-ring (bicyclic) bond motifs is 3. The second-order valence-corrected chi connectivity index (χ2v) is 16.2. The van der Waals surface area contributed by atoms with E-state index in [0.717, 1.165) is 55.6 Å². The number of halogens is 1. The molecule has 7 rings (SSSR count). The summed E-state index contributed by atoms with van der Waals surface area (Å²) in [4.78, 5) is 8.93. The summed E-state index contributed by atoms with van der Waals surface area (Å²) in [5.41, 5.74) is 7.24. The molecule has 215 valence electrons. The second-order valence-electron chi connectivity index (χ2n) is 11.1. The van der Waals surface area contributed by atoms with Crippen LogP contribution in [0.3, 0.4) is 0 Å². The fraction of sp³-hybridized carbons (Fsp3) is 0.0811. The zero-order valence-electron chi connectivity index (χ0n) is 24.1. The van der Waals surface area contributed by atoms with Crippen LogP contribution in [0.4, 0.5) is 4.39 Å². The van der Waals surface area contributed by atoms with Crippen molar-refractivity contribution < 1.29 is 28.9 Å². The van der Waals surface area contributed by atoms with E-state index in [-0.39, 0.29) is 25.9 Å². The van der Waals surface area contributed by atoms with Gasteiger partial charge in [0, 0.05) is 37.9 Å². The molecule has 3 aromatic heterocycles. The molecule has 3 nitrogen and oxygen atoms in total. The van der Waals surface area contributed by atoms with Crippen molar-refractivity contribution in [1.82, 2.24) is 9.97 Å². The summed E-state index contributed by atoms with van der Waals surface area (Å²) in [6.07, 6.45) is 3.78. The molecule has 7 aromatic rings. The van der Waals surface area contributed by atoms with Crippen LogP contribution in [0.15, 0.2) is 126 Å². The molecule has 0 bridgehead atoms. The number of hydrogen-bond donors (Lipinski definition) is 0. The van der Waals surface area contributed by atoms with Crippen LogP contribution in [-0.4, -0.2) is 18.0 Å². The molecule has 0 atom stereocenters. The number of aromatic nitrogens is 2. The fourth-order valence-corrected chi connectivity index (χ4v) is 5.85. The summed E-state index contributed by atoms with van der Waals surface area (Å²) in [5, 5.41) is 3.47. The van der Waals surface area contributed by atoms with Gasteiger partial charge in [-0.15, -0.1) is 54.1 Å². The molecular weight excluding hydrogens is 728 g/mol. The van der Waals surface area contributed by atoms with Crippen LogP contribution in [0.5, 0.6) is 0 Å². The van der Waals surface area contributed by atoms with Crippen LogP contribution in [0, 0.1) is 17.9 Å². The van der Waals surface area contributed by atoms with Gasteiger partial charge in [-0.05, 0) is 52.0 Å². The number of pyridine rings is 2. The van der Waals surface area contributed by atoms with Gasteiger partial charge in [0.05, 0.1) is 13.7 Å². The van der Waals surface area contributed by atoms with E-state index in [1.54, 1.807) is 18.3 Å². The summed E-state index contributed by atoms with van der Waals surface area (Å²) >= 11 is 0. The van der Waals surface area contributed by atoms with Gasteiger partial charge in [0.25, 0.3) is 0 Å². The minimum absolute atomic E-state index is 0. The molecule has 4 aromatic carbocycles. The second kappa shape index (κ2) is 13.0. The maximum Gasteiger partial charge on any atom is 0.123 e. The molecule has 0 aliphatic rings. The standard InChI is InChI=1S/C23H13FNO.C14H16NSi.Ir/c24-17-10-7-15(8-11-17)16-9-12-18-19-4-3-5-20(21-6-1-2-13-25-21)23(19)26-22(18)14-16;1-16(2,3)13-9-10-14(15-11-13)12-7-5-4-6-8-12;/h1-4,6-14H;4-7,9-11H,1-3H3;/q2*-1;. The van der Waals surface area contributed by atoms with E-state index in [4.69, 9.17) is 4.42 Å². The largest absolute Gasteiger partial charge is 0.501 e. The Morgan fingerprint density at radius 2 is 1.49 bits per heavy atom. The predicted molar refractivity (Wildman–Crippen MR) is 173 cm³/mol. The third-order valence-electron chi connectivity index (χ3n) is 7.15. The third kappa shape index (κ3) is 6.73. The van der Waals surface area contributed by atoms with Crippen molar-refractivity contribution in [2.45, 2.75) is 19.6 Å². The SMILES string of the molecule is C[Si](C)(C)c1ccc(-c2[c-]cccc2)nc1.Fc1ccc(-c2ccc3c(c2)oc2c(-c4ccccn4)[c-]ccc23)cc1.[Ir]. The molecule has 3 heterocycles. The Labute approximate surface area is 265 Å². The number of rotatable bonds is 4. The zero-order valence-corrected chi connectivity index (χ0v) is 27.5. The Morgan fingerprint density at radius 1 is 0.698 bits per heavy atom. The maximum absolute atomic E-state index is 13.2. The first-order valence-corrected chi connectivity index (χ1v) is 17.3. The predicted octanol–water partition coefficient (Wildman–Crippen LogP) is 9.35. The van der Waals surface area contributed by atoms with E-state index < -0.39 is 8.07 Å². The van der Waals surface area contributed by atoms with Crippen LogP contribution in [0.2, 0.25) is 19.6 Å². The topological polar surface area (TPSA) is 38.9 Å². The van der Waals surface area contributed by atoms with Crippen molar-refractivity contribution in [1.29, 1.82) is 0 Å². The van der Waals surface area contributed by atoms with Gasteiger partial charge in [0.15, 0.2) is 0 Å². The van der Waals surface area contributed by atoms with Gasteiger partial charge in [0.2, 0.25) is 0 Å². The summed E-state index contributed by atoms with van der Waals surface area (Å²) in [6, 6.07) is 40.9. The zero-order chi connectivity index (χ0) is 29.1. The average Bonchev–Trinajstić information content (AvgIpc) is 3.40. The van der Waals surface area contributed by atoms with Gasteiger partial charge in [-0.3, -0.25) is 0 Å². The summed E-state index contributed by atoms with van der Waals surface area (Å²) < 4.78 is 19.4. The number of hydrogen-bond acceptors (Lipinski definition) is 3. The number of furan rings is 1. The molecule has 0 saturated carbocycles. The average molecular weight is 757 g/mol. The molecular formula is C37H29FIrN2OSi-2. The molecule has 43 heavy (non-hydrogen) atoms. The first-order valence-electron chi connectivity index (χ1n) is 13.8. The van der Waals surface area contributed by atoms with Crippen molar-refractivity contribution >= 4 is 35.2 Å². The van der Waals surface area contributed by atoms with Gasteiger partial charge in [-0.25, -0.2) is 4.39 Å². The van der Waals surface area contributed by atoms with E-state index >= 15 is 0 Å². The van der Waals surface area contributed by atoms with Gasteiger partial charge in [0.1, 0.15) is 11.4 Å². The molecule has 0 aliphatic heterocycles. The quantitative estimate of drug-likeness (QED) is 0.133. The van der Waals surface area contributed by atoms with Gasteiger partial charge >= 0.3 is 0 Å². The Kier molecular flexibility index (Phi) is 9.12. The van der Waals surface area contributed by atoms with Crippen LogP contribution in [-0.2, 0) is 20.1 Å². The summed E-state index contributed by atoms with van der Waals surface area (Å²) in [7, 11) is -1.23. The van der Waals surface area contributed by atoms with E-state index in [0.29, 0.717) is 0 Å². The van der Waals surface area contributed by atoms with Gasteiger partial charge in [-0.2, -0.15) is 0 Å². The van der Waals surface area contributed by atoms with E-state index in [1.807, 2.05) is 79.0 Å². The van der Waals surface area contributed by atoms with Crippen molar-refractivity contribution in [3.63, 3.8) is 0 Å². The Hall–Kier alpha value is -4.22. The Bertz CT molecular complexity index is 1950. The summed E-state index contributed by atoms with van der Waals surface area (Å²) in [6.45, 7) is 7.00. The maximum atomic E-state index is 13.2. The first kappa shape index (κ1) is 30.2. The van der Waals surface area contributed by atoms with Crippen LogP contribution >= 0.6 is 0 Å². The molecule has 0 unspecified atom stereocenters. The molecule has 0 fully saturated rings. The van der Waals surface area contributed by atoms with E-state index in [9.17, 15) is 4.39 Å². The fourth-order valence-electron chi connectivity index (χ4n) is 4.81. The van der Waals surface area contributed by atoms with Gasteiger partial charge < -0.3 is 14.4 Å². The normalized spacial score (nSPS) is 11.1. The minimum atomic E-state index is -1.23. The number of benzene rings is 4. The molecule has 0 saturated heterocycles. The molecule has 1 radical (unpaired) electrons. The molecule has 6 heteroatoms. The van der Waals surface area contributed by atoms with Crippen molar-refractivity contribution in [3.05, 3.63) is 140 Å². The van der Waals surface area contributed by atoms with Crippen molar-refractivity contribution in [3.8, 4) is 33.6 Å². The Morgan fingerprint density at radius 3 is 2.16 bits per heavy atom. The summed E-state index contributed by atoms with van der Waals surface area (Å²) in [5.74, 6) is -0.242. The van der Waals surface area contributed by atoms with Crippen LogP contribution in [0.25, 0.3) is 55.6 Å². The molecule has 0 amide bonds. The van der Waals surface area contributed by atoms with E-state index in [2.05, 4.69) is 53.9 Å². The molecule has 0 N–H and O–H groups in total. The van der Waals surface area contributed by atoms with E-state index in [1.165, 1.54) is 17.3 Å². The first-order chi connectivity index (χ1) is 20.4. The van der Waals surface area contributed by atoms with Crippen LogP contribution < -0.4 is 5.19 Å². The third-order valence-corrected chi connectivity index (χ3v) is 9.17. The minimum Gasteiger partial charge on any atom is -0.501 e. The Balaban J connectivity index is 0.000000188. The molecule has 0 spiro atoms. The van der Waals surface area contributed by atoms with Crippen LogP contribution in [0.1, 0.15) is 0 Å². The monoisotopic (exact) mass is 757 g/mol. The molecule has 0 aliphatic carbocycles. The smallest absolute Gasteiger partial charge is 0.123 e. The number of nitrogens with zero attached hydrogens (tertiary/aromatic N) is 2. The van der Waals surface area contributed by atoms with Crippen molar-refractivity contribution in [2.75, 3.05) is 0 Å². The van der Waals surface area contributed by atoms with Crippen molar-refractivity contribution in [2.24, 2.45) is 0 Å². The van der Waals surface area contributed by atoms with Gasteiger partial charge in [-0.1, -0.05) is 79.1 Å².